The van der Waals surface area contributed by atoms with E-state index in [2.05, 4.69) is 4.72 Å². The molecule has 1 aliphatic carbocycles. The minimum Gasteiger partial charge on any atom is -0.481 e. The van der Waals surface area contributed by atoms with Crippen molar-refractivity contribution < 1.29 is 18.3 Å². The molecule has 0 aliphatic heterocycles. The molecule has 2 aromatic carbocycles. The molecule has 1 atom stereocenters. The van der Waals surface area contributed by atoms with Gasteiger partial charge in [0.05, 0.1) is 4.90 Å². The second-order valence-electron chi connectivity index (χ2n) is 7.94. The van der Waals surface area contributed by atoms with Crippen LogP contribution in [0.2, 0.25) is 5.02 Å². The first-order chi connectivity index (χ1) is 14.3. The fourth-order valence-corrected chi connectivity index (χ4v) is 5.51. The Morgan fingerprint density at radius 3 is 2.27 bits per heavy atom. The summed E-state index contributed by atoms with van der Waals surface area (Å²) in [6, 6.07) is 13.8. The van der Waals surface area contributed by atoms with Gasteiger partial charge in [-0.05, 0) is 67.0 Å². The number of hydrogen-bond donors (Lipinski definition) is 2. The maximum Gasteiger partial charge on any atom is 0.303 e. The lowest BCUT2D eigenvalue weighted by Crippen LogP contribution is -2.34. The first-order valence-electron chi connectivity index (χ1n) is 10.4. The van der Waals surface area contributed by atoms with E-state index in [0.717, 1.165) is 36.8 Å². The molecule has 5 nitrogen and oxygen atoms in total. The fraction of sp³-hybridized carbons (Fsp3) is 0.435. The molecule has 162 valence electrons. The van der Waals surface area contributed by atoms with Gasteiger partial charge in [0, 0.05) is 17.5 Å². The van der Waals surface area contributed by atoms with Gasteiger partial charge in [0.2, 0.25) is 10.0 Å². The van der Waals surface area contributed by atoms with Crippen molar-refractivity contribution in [3.8, 4) is 0 Å². The summed E-state index contributed by atoms with van der Waals surface area (Å²) in [7, 11) is -3.68. The summed E-state index contributed by atoms with van der Waals surface area (Å²) in [6.07, 6.45) is 6.82. The van der Waals surface area contributed by atoms with Crippen molar-refractivity contribution in [2.75, 3.05) is 0 Å². The lowest BCUT2D eigenvalue weighted by Gasteiger charge is -2.31. The molecular formula is C23H28ClNO4S. The third kappa shape index (κ3) is 6.30. The van der Waals surface area contributed by atoms with Crippen LogP contribution in [0.15, 0.2) is 53.4 Å². The molecule has 0 aromatic heterocycles. The molecule has 0 saturated heterocycles. The predicted octanol–water partition coefficient (Wildman–Crippen LogP) is 5.35. The number of aliphatic carboxylic acids is 1. The topological polar surface area (TPSA) is 83.5 Å². The van der Waals surface area contributed by atoms with E-state index in [4.69, 9.17) is 16.7 Å². The van der Waals surface area contributed by atoms with E-state index in [9.17, 15) is 13.2 Å². The number of sulfonamides is 1. The van der Waals surface area contributed by atoms with Gasteiger partial charge in [-0.25, -0.2) is 13.1 Å². The van der Waals surface area contributed by atoms with Crippen LogP contribution in [0.25, 0.3) is 0 Å². The number of hydrogen-bond acceptors (Lipinski definition) is 3. The van der Waals surface area contributed by atoms with Crippen molar-refractivity contribution in [1.82, 2.24) is 4.72 Å². The van der Waals surface area contributed by atoms with Crippen molar-refractivity contribution in [3.63, 3.8) is 0 Å². The minimum absolute atomic E-state index is 0.146. The van der Waals surface area contributed by atoms with Gasteiger partial charge in [0.1, 0.15) is 0 Å². The third-order valence-electron chi connectivity index (χ3n) is 5.72. The first-order valence-corrected chi connectivity index (χ1v) is 12.3. The average Bonchev–Trinajstić information content (AvgIpc) is 2.73. The Hall–Kier alpha value is -1.89. The Kier molecular flexibility index (Phi) is 7.92. The summed E-state index contributed by atoms with van der Waals surface area (Å²) >= 11 is 5.91. The van der Waals surface area contributed by atoms with Crippen LogP contribution in [0.3, 0.4) is 0 Å². The summed E-state index contributed by atoms with van der Waals surface area (Å²) in [5.74, 6) is -0.542. The van der Waals surface area contributed by atoms with Gasteiger partial charge in [0.15, 0.2) is 0 Å². The quantitative estimate of drug-likeness (QED) is 0.540. The Balaban J connectivity index is 1.80. The Morgan fingerprint density at radius 1 is 1.03 bits per heavy atom. The van der Waals surface area contributed by atoms with Crippen LogP contribution in [0, 0.1) is 5.92 Å². The van der Waals surface area contributed by atoms with Crippen LogP contribution in [-0.2, 0) is 21.2 Å². The largest absolute Gasteiger partial charge is 0.481 e. The molecule has 0 heterocycles. The lowest BCUT2D eigenvalue weighted by molar-refractivity contribution is -0.137. The first kappa shape index (κ1) is 22.8. The summed E-state index contributed by atoms with van der Waals surface area (Å²) in [6.45, 7) is 0. The summed E-state index contributed by atoms with van der Waals surface area (Å²) in [5.41, 5.74) is 2.00. The minimum atomic E-state index is -3.68. The Labute approximate surface area is 183 Å². The van der Waals surface area contributed by atoms with Crippen molar-refractivity contribution in [1.29, 1.82) is 0 Å². The van der Waals surface area contributed by atoms with Crippen molar-refractivity contribution in [2.45, 2.75) is 62.3 Å². The molecule has 7 heteroatoms. The number of rotatable bonds is 9. The molecule has 0 amide bonds. The van der Waals surface area contributed by atoms with E-state index in [1.807, 2.05) is 24.3 Å². The lowest BCUT2D eigenvalue weighted by atomic mass is 9.81. The Bertz CT molecular complexity index is 936. The molecule has 2 aromatic rings. The molecule has 1 unspecified atom stereocenters. The highest BCUT2D eigenvalue weighted by Gasteiger charge is 2.29. The number of carboxylic acids is 1. The second-order valence-corrected chi connectivity index (χ2v) is 10.1. The van der Waals surface area contributed by atoms with Crippen LogP contribution in [0.1, 0.15) is 62.1 Å². The average molecular weight is 450 g/mol. The molecule has 1 aliphatic rings. The highest BCUT2D eigenvalue weighted by atomic mass is 35.5. The van der Waals surface area contributed by atoms with Crippen LogP contribution in [0.4, 0.5) is 0 Å². The number of halogens is 1. The zero-order chi connectivity index (χ0) is 21.6. The number of aryl methyl sites for hydroxylation is 1. The summed E-state index contributed by atoms with van der Waals surface area (Å²) < 4.78 is 29.0. The van der Waals surface area contributed by atoms with E-state index in [-0.39, 0.29) is 23.3 Å². The van der Waals surface area contributed by atoms with E-state index < -0.39 is 16.0 Å². The SMILES string of the molecule is O=C(O)CCCc1ccc(C(NS(=O)(=O)c2ccc(Cl)cc2)C2CCCCC2)cc1. The molecule has 1 fully saturated rings. The van der Waals surface area contributed by atoms with Gasteiger partial charge in [-0.3, -0.25) is 4.79 Å². The molecular weight excluding hydrogens is 422 g/mol. The van der Waals surface area contributed by atoms with Crippen LogP contribution >= 0.6 is 11.6 Å². The zero-order valence-electron chi connectivity index (χ0n) is 16.9. The fourth-order valence-electron chi connectivity index (χ4n) is 4.09. The Morgan fingerprint density at radius 2 is 1.67 bits per heavy atom. The second kappa shape index (κ2) is 10.4. The van der Waals surface area contributed by atoms with Gasteiger partial charge in [-0.1, -0.05) is 55.1 Å². The zero-order valence-corrected chi connectivity index (χ0v) is 18.5. The number of carboxylic acid groups (broad SMARTS) is 1. The number of benzene rings is 2. The summed E-state index contributed by atoms with van der Waals surface area (Å²) in [5, 5.41) is 9.29. The predicted molar refractivity (Wildman–Crippen MR) is 118 cm³/mol. The van der Waals surface area contributed by atoms with Gasteiger partial charge in [-0.15, -0.1) is 0 Å². The summed E-state index contributed by atoms with van der Waals surface area (Å²) in [4.78, 5) is 10.9. The highest BCUT2D eigenvalue weighted by Crippen LogP contribution is 2.35. The van der Waals surface area contributed by atoms with Gasteiger partial charge in [-0.2, -0.15) is 0 Å². The van der Waals surface area contributed by atoms with Crippen molar-refractivity contribution >= 4 is 27.6 Å². The maximum absolute atomic E-state index is 13.0. The van der Waals surface area contributed by atoms with Gasteiger partial charge in [0.25, 0.3) is 0 Å². The van der Waals surface area contributed by atoms with Crippen molar-refractivity contribution in [2.24, 2.45) is 5.92 Å². The van der Waals surface area contributed by atoms with E-state index in [1.165, 1.54) is 18.6 Å². The monoisotopic (exact) mass is 449 g/mol. The normalized spacial score (nSPS) is 16.3. The number of carbonyl (C=O) groups is 1. The smallest absolute Gasteiger partial charge is 0.303 e. The number of nitrogens with one attached hydrogen (secondary N) is 1. The van der Waals surface area contributed by atoms with E-state index in [0.29, 0.717) is 17.9 Å². The third-order valence-corrected chi connectivity index (χ3v) is 7.43. The van der Waals surface area contributed by atoms with Crippen LogP contribution < -0.4 is 4.72 Å². The molecule has 3 rings (SSSR count). The molecule has 0 bridgehead atoms. The van der Waals surface area contributed by atoms with E-state index in [1.54, 1.807) is 12.1 Å². The highest BCUT2D eigenvalue weighted by molar-refractivity contribution is 7.89. The molecule has 30 heavy (non-hydrogen) atoms. The van der Waals surface area contributed by atoms with Gasteiger partial charge < -0.3 is 5.11 Å². The standard InChI is InChI=1S/C23H28ClNO4S/c24-20-13-15-21(16-14-20)30(28,29)25-23(18-6-2-1-3-7-18)19-11-9-17(10-12-19)5-4-8-22(26)27/h9-16,18,23,25H,1-8H2,(H,26,27). The molecule has 2 N–H and O–H groups in total. The van der Waals surface area contributed by atoms with E-state index >= 15 is 0 Å². The molecule has 1 saturated carbocycles. The molecule has 0 spiro atoms. The van der Waals surface area contributed by atoms with Crippen molar-refractivity contribution in [3.05, 3.63) is 64.7 Å². The van der Waals surface area contributed by atoms with Gasteiger partial charge >= 0.3 is 5.97 Å². The van der Waals surface area contributed by atoms with Crippen LogP contribution in [0.5, 0.6) is 0 Å². The maximum atomic E-state index is 13.0. The molecule has 0 radical (unpaired) electrons. The van der Waals surface area contributed by atoms with Crippen LogP contribution in [-0.4, -0.2) is 19.5 Å².